The molecule has 1 atom stereocenters. The Bertz CT molecular complexity index is 1030. The Balaban J connectivity index is 2.25. The smallest absolute Gasteiger partial charge is 0.295 e. The molecule has 0 radical (unpaired) electrons. The fourth-order valence-electron chi connectivity index (χ4n) is 3.82. The number of aliphatic hydroxyl groups is 1. The fraction of sp³-hybridized carbons (Fsp3) is 0.333. The van der Waals surface area contributed by atoms with Gasteiger partial charge >= 0.3 is 0 Å². The molecule has 0 aliphatic carbocycles. The van der Waals surface area contributed by atoms with Gasteiger partial charge in [0.15, 0.2) is 0 Å². The van der Waals surface area contributed by atoms with Crippen molar-refractivity contribution in [2.75, 3.05) is 20.8 Å². The van der Waals surface area contributed by atoms with E-state index in [1.54, 1.807) is 0 Å². The SMILES string of the molecule is CCCN1C(=O)C(=O)/C(=C(/O)c2cc(OC)c(Cl)cc2OC)C1c1ccc(CC)cc1. The van der Waals surface area contributed by atoms with Crippen molar-refractivity contribution in [3.63, 3.8) is 0 Å². The van der Waals surface area contributed by atoms with Gasteiger partial charge in [0, 0.05) is 12.6 Å². The van der Waals surface area contributed by atoms with Gasteiger partial charge in [0.1, 0.15) is 17.3 Å². The van der Waals surface area contributed by atoms with Crippen molar-refractivity contribution in [1.29, 1.82) is 0 Å². The molecule has 1 heterocycles. The highest BCUT2D eigenvalue weighted by Gasteiger charge is 2.46. The van der Waals surface area contributed by atoms with Gasteiger partial charge in [-0.3, -0.25) is 9.59 Å². The zero-order valence-electron chi connectivity index (χ0n) is 18.1. The number of nitrogens with zero attached hydrogens (tertiary/aromatic N) is 1. The van der Waals surface area contributed by atoms with Crippen molar-refractivity contribution in [3.05, 3.63) is 63.7 Å². The van der Waals surface area contributed by atoms with Crippen LogP contribution >= 0.6 is 11.6 Å². The minimum atomic E-state index is -0.730. The summed E-state index contributed by atoms with van der Waals surface area (Å²) in [6.45, 7) is 4.38. The van der Waals surface area contributed by atoms with E-state index in [9.17, 15) is 14.7 Å². The van der Waals surface area contributed by atoms with Crippen LogP contribution in [0.25, 0.3) is 5.76 Å². The highest BCUT2D eigenvalue weighted by molar-refractivity contribution is 6.46. The van der Waals surface area contributed by atoms with Crippen molar-refractivity contribution < 1.29 is 24.2 Å². The molecule has 0 saturated carbocycles. The van der Waals surface area contributed by atoms with Gasteiger partial charge < -0.3 is 19.5 Å². The molecule has 0 aromatic heterocycles. The lowest BCUT2D eigenvalue weighted by molar-refractivity contribution is -0.139. The number of ketones is 1. The molecule has 1 aliphatic rings. The number of likely N-dealkylation sites (tertiary alicyclic amines) is 1. The predicted molar refractivity (Wildman–Crippen MR) is 120 cm³/mol. The number of carbonyl (C=O) groups excluding carboxylic acids is 2. The average molecular weight is 444 g/mol. The highest BCUT2D eigenvalue weighted by Crippen LogP contribution is 2.43. The molecule has 1 N–H and O–H groups in total. The van der Waals surface area contributed by atoms with Crippen LogP contribution in [-0.2, 0) is 16.0 Å². The quantitative estimate of drug-likeness (QED) is 0.379. The molecule has 2 aromatic carbocycles. The first-order chi connectivity index (χ1) is 14.9. The number of benzene rings is 2. The second kappa shape index (κ2) is 9.43. The molecule has 1 amide bonds. The predicted octanol–water partition coefficient (Wildman–Crippen LogP) is 4.75. The van der Waals surface area contributed by atoms with Gasteiger partial charge in [0.25, 0.3) is 11.7 Å². The van der Waals surface area contributed by atoms with Crippen LogP contribution in [0.15, 0.2) is 42.0 Å². The maximum atomic E-state index is 13.0. The summed E-state index contributed by atoms with van der Waals surface area (Å²) in [5.41, 5.74) is 2.14. The van der Waals surface area contributed by atoms with E-state index >= 15 is 0 Å². The van der Waals surface area contributed by atoms with Gasteiger partial charge in [-0.2, -0.15) is 0 Å². The number of Topliss-reactive ketones (excluding diaryl/α,β-unsaturated/α-hetero) is 1. The van der Waals surface area contributed by atoms with Gasteiger partial charge in [0.2, 0.25) is 0 Å². The summed E-state index contributed by atoms with van der Waals surface area (Å²) in [4.78, 5) is 27.4. The Morgan fingerprint density at radius 3 is 2.26 bits per heavy atom. The largest absolute Gasteiger partial charge is 0.507 e. The summed E-state index contributed by atoms with van der Waals surface area (Å²) in [7, 11) is 2.89. The Labute approximate surface area is 187 Å². The number of ether oxygens (including phenoxy) is 2. The zero-order valence-corrected chi connectivity index (χ0v) is 18.8. The third-order valence-electron chi connectivity index (χ3n) is 5.44. The molecule has 1 unspecified atom stereocenters. The maximum absolute atomic E-state index is 13.0. The molecule has 31 heavy (non-hydrogen) atoms. The third-order valence-corrected chi connectivity index (χ3v) is 5.73. The topological polar surface area (TPSA) is 76.1 Å². The van der Waals surface area contributed by atoms with Crippen LogP contribution in [0.4, 0.5) is 0 Å². The van der Waals surface area contributed by atoms with E-state index in [0.717, 1.165) is 17.5 Å². The van der Waals surface area contributed by atoms with Crippen molar-refractivity contribution in [2.45, 2.75) is 32.7 Å². The fourth-order valence-corrected chi connectivity index (χ4v) is 4.06. The molecular weight excluding hydrogens is 418 g/mol. The van der Waals surface area contributed by atoms with Crippen molar-refractivity contribution in [3.8, 4) is 11.5 Å². The molecule has 7 heteroatoms. The van der Waals surface area contributed by atoms with Crippen molar-refractivity contribution in [1.82, 2.24) is 4.90 Å². The first-order valence-electron chi connectivity index (χ1n) is 10.2. The van der Waals surface area contributed by atoms with Gasteiger partial charge in [-0.05, 0) is 30.0 Å². The van der Waals surface area contributed by atoms with E-state index in [-0.39, 0.29) is 22.6 Å². The number of carbonyl (C=O) groups is 2. The number of amides is 1. The van der Waals surface area contributed by atoms with E-state index in [2.05, 4.69) is 6.92 Å². The van der Waals surface area contributed by atoms with Gasteiger partial charge in [-0.15, -0.1) is 0 Å². The van der Waals surface area contributed by atoms with Crippen LogP contribution in [0.5, 0.6) is 11.5 Å². The van der Waals surface area contributed by atoms with Crippen LogP contribution in [0.3, 0.4) is 0 Å². The number of methoxy groups -OCH3 is 2. The first-order valence-corrected chi connectivity index (χ1v) is 10.5. The van der Waals surface area contributed by atoms with E-state index in [1.807, 2.05) is 31.2 Å². The van der Waals surface area contributed by atoms with Crippen molar-refractivity contribution >= 4 is 29.1 Å². The first kappa shape index (κ1) is 22.7. The van der Waals surface area contributed by atoms with E-state index in [1.165, 1.54) is 31.3 Å². The number of hydrogen-bond acceptors (Lipinski definition) is 5. The molecule has 0 bridgehead atoms. The molecule has 1 fully saturated rings. The minimum absolute atomic E-state index is 0.0189. The normalized spacial score (nSPS) is 17.8. The number of rotatable bonds is 7. The minimum Gasteiger partial charge on any atom is -0.507 e. The molecular formula is C24H26ClNO5. The number of hydrogen-bond donors (Lipinski definition) is 1. The lowest BCUT2D eigenvalue weighted by Gasteiger charge is -2.25. The Kier molecular flexibility index (Phi) is 6.91. The second-order valence-corrected chi connectivity index (χ2v) is 7.68. The van der Waals surface area contributed by atoms with E-state index < -0.39 is 17.7 Å². The summed E-state index contributed by atoms with van der Waals surface area (Å²) < 4.78 is 10.6. The summed E-state index contributed by atoms with van der Waals surface area (Å²) in [5, 5.41) is 11.6. The standard InChI is InChI=1S/C24H26ClNO5/c1-5-11-26-21(15-9-7-14(6-2)8-10-15)20(23(28)24(26)29)22(27)16-12-19(31-4)17(25)13-18(16)30-3/h7-10,12-13,21,27H,5-6,11H2,1-4H3/b22-20+. The Hall–Kier alpha value is -2.99. The van der Waals surface area contributed by atoms with Gasteiger partial charge in [-0.25, -0.2) is 0 Å². The summed E-state index contributed by atoms with van der Waals surface area (Å²) in [5.74, 6) is -1.10. The van der Waals surface area contributed by atoms with Crippen LogP contribution < -0.4 is 9.47 Å². The maximum Gasteiger partial charge on any atom is 0.295 e. The molecule has 164 valence electrons. The monoisotopic (exact) mass is 443 g/mol. The summed E-state index contributed by atoms with van der Waals surface area (Å²) >= 11 is 6.18. The van der Waals surface area contributed by atoms with Crippen LogP contribution in [0.2, 0.25) is 5.02 Å². The lowest BCUT2D eigenvalue weighted by Crippen LogP contribution is -2.30. The van der Waals surface area contributed by atoms with E-state index in [4.69, 9.17) is 21.1 Å². The third kappa shape index (κ3) is 4.12. The average Bonchev–Trinajstić information content (AvgIpc) is 3.03. The molecule has 6 nitrogen and oxygen atoms in total. The molecule has 1 saturated heterocycles. The Morgan fingerprint density at radius 1 is 1.06 bits per heavy atom. The number of halogens is 1. The van der Waals surface area contributed by atoms with Gasteiger partial charge in [-0.1, -0.05) is 49.7 Å². The van der Waals surface area contributed by atoms with Crippen LogP contribution in [0, 0.1) is 0 Å². The number of aliphatic hydroxyl groups excluding tert-OH is 1. The molecule has 3 rings (SSSR count). The second-order valence-electron chi connectivity index (χ2n) is 7.27. The van der Waals surface area contributed by atoms with Crippen LogP contribution in [-0.4, -0.2) is 42.5 Å². The molecule has 0 spiro atoms. The summed E-state index contributed by atoms with van der Waals surface area (Å²) in [6.07, 6.45) is 1.55. The zero-order chi connectivity index (χ0) is 22.7. The Morgan fingerprint density at radius 2 is 1.71 bits per heavy atom. The van der Waals surface area contributed by atoms with Crippen molar-refractivity contribution in [2.24, 2.45) is 0 Å². The molecule has 2 aromatic rings. The lowest BCUT2D eigenvalue weighted by atomic mass is 9.94. The van der Waals surface area contributed by atoms with E-state index in [0.29, 0.717) is 23.7 Å². The molecule has 1 aliphatic heterocycles. The highest BCUT2D eigenvalue weighted by atomic mass is 35.5. The summed E-state index contributed by atoms with van der Waals surface area (Å²) in [6, 6.07) is 10.0. The number of aryl methyl sites for hydroxylation is 1. The van der Waals surface area contributed by atoms with Gasteiger partial charge in [0.05, 0.1) is 36.4 Å². The van der Waals surface area contributed by atoms with Crippen LogP contribution in [0.1, 0.15) is 43.0 Å².